The van der Waals surface area contributed by atoms with Crippen LogP contribution in [0.3, 0.4) is 0 Å². The van der Waals surface area contributed by atoms with Crippen molar-refractivity contribution >= 4 is 0 Å². The number of hydrogen-bond acceptors (Lipinski definition) is 2. The highest BCUT2D eigenvalue weighted by molar-refractivity contribution is 5.16. The molecule has 0 fully saturated rings. The van der Waals surface area contributed by atoms with E-state index in [9.17, 15) is 5.11 Å². The van der Waals surface area contributed by atoms with Crippen molar-refractivity contribution in [1.29, 1.82) is 5.26 Å². The summed E-state index contributed by atoms with van der Waals surface area (Å²) < 4.78 is 0. The van der Waals surface area contributed by atoms with Crippen molar-refractivity contribution in [1.82, 2.24) is 0 Å². The zero-order valence-electron chi connectivity index (χ0n) is 9.53. The number of rotatable bonds is 6. The molecule has 0 spiro atoms. The summed E-state index contributed by atoms with van der Waals surface area (Å²) in [6.45, 7) is 7.46. The fraction of sp³-hybridized carbons (Fsp3) is 0.462. The van der Waals surface area contributed by atoms with E-state index in [1.165, 1.54) is 11.6 Å². The number of nitriles is 1. The molecular formula is C13H19NO. The van der Waals surface area contributed by atoms with Crippen LogP contribution in [0, 0.1) is 11.3 Å². The van der Waals surface area contributed by atoms with Crippen LogP contribution in [0.5, 0.6) is 0 Å². The van der Waals surface area contributed by atoms with Crippen LogP contribution in [-0.2, 0) is 0 Å². The van der Waals surface area contributed by atoms with Crippen LogP contribution in [0.1, 0.15) is 33.1 Å². The Bertz CT molecular complexity index is 294. The molecule has 0 aromatic rings. The van der Waals surface area contributed by atoms with Crippen LogP contribution in [0.15, 0.2) is 36.0 Å². The Kier molecular flexibility index (Phi) is 7.31. The molecule has 0 amide bonds. The highest BCUT2D eigenvalue weighted by Crippen LogP contribution is 2.10. The lowest BCUT2D eigenvalue weighted by Gasteiger charge is -2.07. The van der Waals surface area contributed by atoms with Crippen molar-refractivity contribution in [2.45, 2.75) is 39.2 Å². The van der Waals surface area contributed by atoms with Gasteiger partial charge >= 0.3 is 0 Å². The third-order valence-electron chi connectivity index (χ3n) is 2.25. The first-order chi connectivity index (χ1) is 7.11. The van der Waals surface area contributed by atoms with E-state index in [0.717, 1.165) is 12.8 Å². The minimum absolute atomic E-state index is 0.539. The molecule has 82 valence electrons. The van der Waals surface area contributed by atoms with Gasteiger partial charge in [-0.05, 0) is 38.7 Å². The molecule has 15 heavy (non-hydrogen) atoms. The van der Waals surface area contributed by atoms with E-state index in [0.29, 0.717) is 12.0 Å². The van der Waals surface area contributed by atoms with E-state index < -0.39 is 6.10 Å². The van der Waals surface area contributed by atoms with Gasteiger partial charge in [0.05, 0.1) is 12.2 Å². The second-order valence-electron chi connectivity index (χ2n) is 3.65. The minimum atomic E-state index is -0.539. The normalized spacial score (nSPS) is 14.5. The minimum Gasteiger partial charge on any atom is -0.388 e. The Hall–Kier alpha value is -1.33. The maximum absolute atomic E-state index is 9.64. The molecule has 0 aliphatic rings. The van der Waals surface area contributed by atoms with Gasteiger partial charge in [0.1, 0.15) is 0 Å². The predicted octanol–water partition coefficient (Wildman–Crippen LogP) is 3.12. The first-order valence-corrected chi connectivity index (χ1v) is 5.12. The van der Waals surface area contributed by atoms with Crippen molar-refractivity contribution in [2.24, 2.45) is 0 Å². The van der Waals surface area contributed by atoms with Crippen molar-refractivity contribution in [3.8, 4) is 6.07 Å². The summed E-state index contributed by atoms with van der Waals surface area (Å²) in [6.07, 6.45) is 7.27. The lowest BCUT2D eigenvalue weighted by atomic mass is 10.0. The Morgan fingerprint density at radius 1 is 1.53 bits per heavy atom. The third kappa shape index (κ3) is 6.70. The first-order valence-electron chi connectivity index (χ1n) is 5.12. The van der Waals surface area contributed by atoms with Crippen LogP contribution >= 0.6 is 0 Å². The van der Waals surface area contributed by atoms with E-state index in [-0.39, 0.29) is 0 Å². The zero-order chi connectivity index (χ0) is 11.7. The van der Waals surface area contributed by atoms with Gasteiger partial charge in [0.15, 0.2) is 0 Å². The van der Waals surface area contributed by atoms with Crippen LogP contribution in [0.25, 0.3) is 0 Å². The molecule has 1 atom stereocenters. The van der Waals surface area contributed by atoms with E-state index >= 15 is 0 Å². The highest BCUT2D eigenvalue weighted by Gasteiger charge is 2.03. The third-order valence-corrected chi connectivity index (χ3v) is 2.25. The fourth-order valence-corrected chi connectivity index (χ4v) is 1.13. The SMILES string of the molecule is C=CCC/C(C)=C/CC(O)/C(C)=C\C#N. The maximum atomic E-state index is 9.64. The molecule has 0 bridgehead atoms. The molecule has 0 rings (SSSR count). The molecule has 0 aromatic carbocycles. The number of hydrogen-bond donors (Lipinski definition) is 1. The highest BCUT2D eigenvalue weighted by atomic mass is 16.3. The van der Waals surface area contributed by atoms with Crippen LogP contribution in [0.2, 0.25) is 0 Å². The topological polar surface area (TPSA) is 44.0 Å². The summed E-state index contributed by atoms with van der Waals surface area (Å²) in [4.78, 5) is 0. The Labute approximate surface area is 92.2 Å². The number of aliphatic hydroxyl groups is 1. The quantitative estimate of drug-likeness (QED) is 0.535. The van der Waals surface area contributed by atoms with Crippen LogP contribution in [-0.4, -0.2) is 11.2 Å². The largest absolute Gasteiger partial charge is 0.388 e. The van der Waals surface area contributed by atoms with Gasteiger partial charge in [0.2, 0.25) is 0 Å². The molecule has 0 aromatic heterocycles. The summed E-state index contributed by atoms with van der Waals surface area (Å²) in [6, 6.07) is 1.91. The van der Waals surface area contributed by atoms with Gasteiger partial charge in [0.25, 0.3) is 0 Å². The Balaban J connectivity index is 4.08. The second kappa shape index (κ2) is 8.02. The molecule has 0 aliphatic heterocycles. The average molecular weight is 205 g/mol. The van der Waals surface area contributed by atoms with Gasteiger partial charge in [-0.25, -0.2) is 0 Å². The summed E-state index contributed by atoms with van der Waals surface area (Å²) >= 11 is 0. The van der Waals surface area contributed by atoms with Gasteiger partial charge < -0.3 is 5.11 Å². The van der Waals surface area contributed by atoms with Crippen molar-refractivity contribution in [2.75, 3.05) is 0 Å². The summed E-state index contributed by atoms with van der Waals surface area (Å²) in [5.41, 5.74) is 1.96. The molecule has 2 heteroatoms. The van der Waals surface area contributed by atoms with Crippen LogP contribution in [0.4, 0.5) is 0 Å². The Morgan fingerprint density at radius 3 is 2.73 bits per heavy atom. The smallest absolute Gasteiger partial charge is 0.0912 e. The maximum Gasteiger partial charge on any atom is 0.0912 e. The summed E-state index contributed by atoms with van der Waals surface area (Å²) in [7, 11) is 0. The van der Waals surface area contributed by atoms with Crippen molar-refractivity contribution in [3.05, 3.63) is 36.0 Å². The van der Waals surface area contributed by atoms with E-state index in [4.69, 9.17) is 5.26 Å². The van der Waals surface area contributed by atoms with Gasteiger partial charge in [-0.1, -0.05) is 17.7 Å². The van der Waals surface area contributed by atoms with E-state index in [1.54, 1.807) is 6.92 Å². The van der Waals surface area contributed by atoms with Gasteiger partial charge in [-0.2, -0.15) is 5.26 Å². The number of allylic oxidation sites excluding steroid dienone is 3. The summed E-state index contributed by atoms with van der Waals surface area (Å²) in [5, 5.41) is 18.1. The molecule has 0 heterocycles. The molecule has 0 saturated carbocycles. The molecule has 1 unspecified atom stereocenters. The molecule has 2 nitrogen and oxygen atoms in total. The average Bonchev–Trinajstić information content (AvgIpc) is 2.23. The molecule has 0 aliphatic carbocycles. The summed E-state index contributed by atoms with van der Waals surface area (Å²) in [5.74, 6) is 0. The standard InChI is InChI=1S/C13H19NO/c1-4-5-6-11(2)7-8-13(15)12(3)9-10-14/h4,7,9,13,15H,1,5-6,8H2,2-3H3/b11-7+,12-9-. The van der Waals surface area contributed by atoms with Gasteiger partial charge in [0, 0.05) is 6.08 Å². The molecular weight excluding hydrogens is 186 g/mol. The first kappa shape index (κ1) is 13.7. The second-order valence-corrected chi connectivity index (χ2v) is 3.65. The lowest BCUT2D eigenvalue weighted by molar-refractivity contribution is 0.214. The van der Waals surface area contributed by atoms with Crippen LogP contribution < -0.4 is 0 Å². The van der Waals surface area contributed by atoms with Gasteiger partial charge in [-0.3, -0.25) is 0 Å². The lowest BCUT2D eigenvalue weighted by Crippen LogP contribution is -2.06. The molecule has 0 radical (unpaired) electrons. The molecule has 1 N–H and O–H groups in total. The van der Waals surface area contributed by atoms with E-state index in [1.807, 2.05) is 25.1 Å². The monoisotopic (exact) mass is 205 g/mol. The predicted molar refractivity (Wildman–Crippen MR) is 63.2 cm³/mol. The number of nitrogens with zero attached hydrogens (tertiary/aromatic N) is 1. The van der Waals surface area contributed by atoms with Crippen molar-refractivity contribution in [3.63, 3.8) is 0 Å². The fourth-order valence-electron chi connectivity index (χ4n) is 1.13. The van der Waals surface area contributed by atoms with Gasteiger partial charge in [-0.15, -0.1) is 6.58 Å². The number of aliphatic hydroxyl groups excluding tert-OH is 1. The zero-order valence-corrected chi connectivity index (χ0v) is 9.53. The van der Waals surface area contributed by atoms with Crippen molar-refractivity contribution < 1.29 is 5.11 Å². The Morgan fingerprint density at radius 2 is 2.20 bits per heavy atom. The van der Waals surface area contributed by atoms with E-state index in [2.05, 4.69) is 6.58 Å². The molecule has 0 saturated heterocycles.